The zero-order valence-corrected chi connectivity index (χ0v) is 12.5. The van der Waals surface area contributed by atoms with Gasteiger partial charge in [0.15, 0.2) is 0 Å². The van der Waals surface area contributed by atoms with E-state index in [-0.39, 0.29) is 11.3 Å². The van der Waals surface area contributed by atoms with Gasteiger partial charge in [0.1, 0.15) is 0 Å². The summed E-state index contributed by atoms with van der Waals surface area (Å²) in [4.78, 5) is 11.9. The Morgan fingerprint density at radius 3 is 2.65 bits per heavy atom. The van der Waals surface area contributed by atoms with Crippen molar-refractivity contribution in [3.63, 3.8) is 0 Å². The summed E-state index contributed by atoms with van der Waals surface area (Å²) in [7, 11) is 0. The topological polar surface area (TPSA) is 73.6 Å². The second-order valence-corrected chi connectivity index (χ2v) is 7.18. The van der Waals surface area contributed by atoms with Gasteiger partial charge >= 0.3 is 0 Å². The Kier molecular flexibility index (Phi) is 3.55. The largest absolute Gasteiger partial charge is 0.381 e. The lowest BCUT2D eigenvalue weighted by Crippen LogP contribution is -2.67. The highest BCUT2D eigenvalue weighted by atomic mass is 16.5. The zero-order chi connectivity index (χ0) is 14.4. The number of amides is 1. The van der Waals surface area contributed by atoms with Gasteiger partial charge in [-0.3, -0.25) is 4.79 Å². The van der Waals surface area contributed by atoms with Crippen LogP contribution in [0.25, 0.3) is 0 Å². The van der Waals surface area contributed by atoms with Crippen molar-refractivity contribution in [1.82, 2.24) is 5.32 Å². The quantitative estimate of drug-likeness (QED) is 0.795. The predicted octanol–water partition coefficient (Wildman–Crippen LogP) is 0.672. The Balaban J connectivity index is 1.64. The minimum Gasteiger partial charge on any atom is -0.381 e. The molecule has 2 aliphatic heterocycles. The minimum absolute atomic E-state index is 0.144. The average Bonchev–Trinajstić information content (AvgIpc) is 2.86. The van der Waals surface area contributed by atoms with Crippen LogP contribution < -0.4 is 11.1 Å². The van der Waals surface area contributed by atoms with Gasteiger partial charge in [-0.2, -0.15) is 0 Å². The van der Waals surface area contributed by atoms with Gasteiger partial charge in [0.25, 0.3) is 0 Å². The molecule has 1 aliphatic carbocycles. The van der Waals surface area contributed by atoms with Crippen molar-refractivity contribution in [3.8, 4) is 0 Å². The van der Waals surface area contributed by atoms with E-state index >= 15 is 0 Å². The van der Waals surface area contributed by atoms with Gasteiger partial charge in [0.2, 0.25) is 5.91 Å². The Morgan fingerprint density at radius 1 is 1.30 bits per heavy atom. The summed E-state index contributed by atoms with van der Waals surface area (Å²) in [5, 5.41) is 3.64. The van der Waals surface area contributed by atoms with Crippen molar-refractivity contribution in [2.24, 2.45) is 22.5 Å². The van der Waals surface area contributed by atoms with E-state index in [9.17, 15) is 4.79 Å². The molecule has 0 aromatic carbocycles. The molecule has 5 nitrogen and oxygen atoms in total. The molecule has 3 aliphatic rings. The first-order chi connectivity index (χ1) is 9.47. The van der Waals surface area contributed by atoms with E-state index in [1.165, 1.54) is 0 Å². The summed E-state index contributed by atoms with van der Waals surface area (Å²) in [6, 6.07) is 0.425. The molecule has 0 aromatic rings. The monoisotopic (exact) mass is 282 g/mol. The van der Waals surface area contributed by atoms with E-state index < -0.39 is 5.41 Å². The second-order valence-electron chi connectivity index (χ2n) is 7.18. The van der Waals surface area contributed by atoms with Crippen molar-refractivity contribution in [2.45, 2.75) is 45.3 Å². The number of nitrogens with one attached hydrogen (secondary N) is 1. The van der Waals surface area contributed by atoms with Crippen LogP contribution in [0.15, 0.2) is 0 Å². The van der Waals surface area contributed by atoms with Crippen molar-refractivity contribution in [1.29, 1.82) is 0 Å². The highest BCUT2D eigenvalue weighted by molar-refractivity contribution is 5.81. The standard InChI is InChI=1S/C15H26N2O3/c1-14(2)11(10-3-6-20-12(10)14)17-9-15(13(16)18)4-7-19-8-5-15/h10-12,17H,3-9H2,1-2H3,(H2,16,18)/t10-,11?,12-/m0/s1. The number of carbonyl (C=O) groups is 1. The molecule has 20 heavy (non-hydrogen) atoms. The van der Waals surface area contributed by atoms with Gasteiger partial charge in [0, 0.05) is 43.7 Å². The first-order valence-corrected chi connectivity index (χ1v) is 7.70. The third kappa shape index (κ3) is 2.07. The Bertz CT molecular complexity index is 391. The fourth-order valence-electron chi connectivity index (χ4n) is 4.32. The number of hydrogen-bond acceptors (Lipinski definition) is 4. The smallest absolute Gasteiger partial charge is 0.225 e. The number of primary amides is 1. The lowest BCUT2D eigenvalue weighted by Gasteiger charge is -2.55. The highest BCUT2D eigenvalue weighted by Gasteiger charge is 2.59. The van der Waals surface area contributed by atoms with Crippen molar-refractivity contribution in [2.75, 3.05) is 26.4 Å². The Morgan fingerprint density at radius 2 is 2.00 bits per heavy atom. The van der Waals surface area contributed by atoms with Crippen LogP contribution in [0, 0.1) is 16.7 Å². The first kappa shape index (κ1) is 14.3. The number of ether oxygens (including phenoxy) is 2. The summed E-state index contributed by atoms with van der Waals surface area (Å²) in [6.45, 7) is 7.30. The van der Waals surface area contributed by atoms with E-state index in [4.69, 9.17) is 15.2 Å². The van der Waals surface area contributed by atoms with Gasteiger partial charge in [-0.1, -0.05) is 13.8 Å². The number of hydrogen-bond donors (Lipinski definition) is 2. The normalized spacial score (nSPS) is 38.0. The van der Waals surface area contributed by atoms with Crippen LogP contribution in [-0.4, -0.2) is 44.4 Å². The van der Waals surface area contributed by atoms with Gasteiger partial charge in [-0.05, 0) is 19.3 Å². The van der Waals surface area contributed by atoms with Crippen molar-refractivity contribution in [3.05, 3.63) is 0 Å². The lowest BCUT2D eigenvalue weighted by molar-refractivity contribution is -0.137. The highest BCUT2D eigenvalue weighted by Crippen LogP contribution is 2.52. The van der Waals surface area contributed by atoms with Crippen LogP contribution >= 0.6 is 0 Å². The summed E-state index contributed by atoms with van der Waals surface area (Å²) in [6.07, 6.45) is 2.96. The molecule has 0 bridgehead atoms. The molecule has 0 spiro atoms. The lowest BCUT2D eigenvalue weighted by atomic mass is 9.57. The van der Waals surface area contributed by atoms with Crippen LogP contribution in [-0.2, 0) is 14.3 Å². The molecule has 3 rings (SSSR count). The molecular formula is C15H26N2O3. The maximum Gasteiger partial charge on any atom is 0.225 e. The van der Waals surface area contributed by atoms with Crippen molar-refractivity contribution >= 4 is 5.91 Å². The fraction of sp³-hybridized carbons (Fsp3) is 0.933. The Hall–Kier alpha value is -0.650. The molecule has 1 unspecified atom stereocenters. The molecule has 2 saturated heterocycles. The molecule has 3 fully saturated rings. The van der Waals surface area contributed by atoms with E-state index in [1.54, 1.807) is 0 Å². The summed E-state index contributed by atoms with van der Waals surface area (Å²) in [5.41, 5.74) is 5.38. The molecule has 5 heteroatoms. The van der Waals surface area contributed by atoms with Crippen molar-refractivity contribution < 1.29 is 14.3 Å². The summed E-state index contributed by atoms with van der Waals surface area (Å²) in [5.74, 6) is 0.402. The van der Waals surface area contributed by atoms with E-state index in [0.29, 0.717) is 37.8 Å². The van der Waals surface area contributed by atoms with Gasteiger partial charge in [-0.25, -0.2) is 0 Å². The third-order valence-electron chi connectivity index (χ3n) is 5.73. The van der Waals surface area contributed by atoms with Crippen LogP contribution in [0.4, 0.5) is 0 Å². The Labute approximate surface area is 120 Å². The molecule has 114 valence electrons. The van der Waals surface area contributed by atoms with Gasteiger partial charge < -0.3 is 20.5 Å². The van der Waals surface area contributed by atoms with E-state index in [0.717, 1.165) is 25.9 Å². The predicted molar refractivity (Wildman–Crippen MR) is 75.1 cm³/mol. The molecule has 1 saturated carbocycles. The second kappa shape index (κ2) is 4.97. The third-order valence-corrected chi connectivity index (χ3v) is 5.73. The zero-order valence-electron chi connectivity index (χ0n) is 12.5. The minimum atomic E-state index is -0.432. The average molecular weight is 282 g/mol. The SMILES string of the molecule is CC1(C)C(NCC2(C(N)=O)CCOCC2)[C@@H]2CCO[C@@H]21. The molecule has 3 N–H and O–H groups in total. The van der Waals surface area contributed by atoms with Gasteiger partial charge in [0.05, 0.1) is 11.5 Å². The summed E-state index contributed by atoms with van der Waals surface area (Å²) >= 11 is 0. The number of fused-ring (bicyclic) bond motifs is 1. The maximum atomic E-state index is 11.9. The molecule has 0 aromatic heterocycles. The van der Waals surface area contributed by atoms with E-state index in [2.05, 4.69) is 19.2 Å². The maximum absolute atomic E-state index is 11.9. The van der Waals surface area contributed by atoms with Crippen LogP contribution in [0.2, 0.25) is 0 Å². The molecule has 0 radical (unpaired) electrons. The number of rotatable bonds is 4. The molecular weight excluding hydrogens is 256 g/mol. The van der Waals surface area contributed by atoms with Crippen LogP contribution in [0.3, 0.4) is 0 Å². The molecule has 1 amide bonds. The van der Waals surface area contributed by atoms with Gasteiger partial charge in [-0.15, -0.1) is 0 Å². The first-order valence-electron chi connectivity index (χ1n) is 7.70. The summed E-state index contributed by atoms with van der Waals surface area (Å²) < 4.78 is 11.2. The molecule has 2 heterocycles. The number of nitrogens with two attached hydrogens (primary N) is 1. The number of carbonyl (C=O) groups excluding carboxylic acids is 1. The van der Waals surface area contributed by atoms with Crippen LogP contribution in [0.1, 0.15) is 33.1 Å². The molecule has 3 atom stereocenters. The van der Waals surface area contributed by atoms with E-state index in [1.807, 2.05) is 0 Å². The fourth-order valence-corrected chi connectivity index (χ4v) is 4.32. The van der Waals surface area contributed by atoms with Crippen LogP contribution in [0.5, 0.6) is 0 Å².